The largest absolute Gasteiger partial charge is 0.393 e. The Kier molecular flexibility index (Phi) is 3.78. The number of aliphatic hydroxyl groups is 1. The molecule has 0 unspecified atom stereocenters. The predicted octanol–water partition coefficient (Wildman–Crippen LogP) is 2.31. The average Bonchev–Trinajstić information content (AvgIpc) is 2.18. The zero-order chi connectivity index (χ0) is 10.7. The number of hydrogen-bond donors (Lipinski definition) is 2. The highest BCUT2D eigenvalue weighted by Gasteiger charge is 2.26. The second kappa shape index (κ2) is 5.10. The van der Waals surface area contributed by atoms with E-state index >= 15 is 0 Å². The van der Waals surface area contributed by atoms with Crippen molar-refractivity contribution in [2.24, 2.45) is 5.92 Å². The fourth-order valence-corrected chi connectivity index (χ4v) is 2.34. The molecule has 15 heavy (non-hydrogen) atoms. The van der Waals surface area contributed by atoms with Crippen LogP contribution < -0.4 is 5.32 Å². The van der Waals surface area contributed by atoms with Gasteiger partial charge in [0.1, 0.15) is 0 Å². The van der Waals surface area contributed by atoms with Crippen LogP contribution in [0, 0.1) is 5.92 Å². The highest BCUT2D eigenvalue weighted by Crippen LogP contribution is 2.26. The van der Waals surface area contributed by atoms with Gasteiger partial charge in [0.2, 0.25) is 0 Å². The van der Waals surface area contributed by atoms with Crippen LogP contribution in [0.4, 0.5) is 0 Å². The number of aliphatic hydroxyl groups excluding tert-OH is 1. The summed E-state index contributed by atoms with van der Waals surface area (Å²) in [7, 11) is 0. The van der Waals surface area contributed by atoms with Gasteiger partial charge in [-0.3, -0.25) is 0 Å². The van der Waals surface area contributed by atoms with Crippen molar-refractivity contribution >= 4 is 15.9 Å². The Labute approximate surface area is 98.8 Å². The molecule has 2 rings (SSSR count). The standard InChI is InChI=1S/C12H16BrNO/c13-12-4-2-1-3-10(12)8-14-7-9-5-11(15)6-9/h1-4,9,11,14-15H,5-8H2. The van der Waals surface area contributed by atoms with E-state index in [9.17, 15) is 0 Å². The summed E-state index contributed by atoms with van der Waals surface area (Å²) in [6.45, 7) is 1.91. The van der Waals surface area contributed by atoms with Crippen LogP contribution in [0.25, 0.3) is 0 Å². The minimum absolute atomic E-state index is 0.0414. The fraction of sp³-hybridized carbons (Fsp3) is 0.500. The van der Waals surface area contributed by atoms with E-state index in [4.69, 9.17) is 5.11 Å². The lowest BCUT2D eigenvalue weighted by Gasteiger charge is -2.31. The summed E-state index contributed by atoms with van der Waals surface area (Å²) >= 11 is 3.52. The molecule has 0 aliphatic heterocycles. The molecule has 0 spiro atoms. The number of nitrogens with one attached hydrogen (secondary N) is 1. The smallest absolute Gasteiger partial charge is 0.0546 e. The minimum Gasteiger partial charge on any atom is -0.393 e. The number of halogens is 1. The third-order valence-electron chi connectivity index (χ3n) is 2.92. The fourth-order valence-electron chi connectivity index (χ4n) is 1.92. The van der Waals surface area contributed by atoms with Crippen molar-refractivity contribution in [3.63, 3.8) is 0 Å². The van der Waals surface area contributed by atoms with Gasteiger partial charge in [-0.2, -0.15) is 0 Å². The molecule has 0 atom stereocenters. The molecule has 1 aromatic rings. The maximum atomic E-state index is 9.14. The summed E-state index contributed by atoms with van der Waals surface area (Å²) in [4.78, 5) is 0. The Morgan fingerprint density at radius 3 is 2.73 bits per heavy atom. The molecular formula is C12H16BrNO. The van der Waals surface area contributed by atoms with Crippen molar-refractivity contribution in [2.45, 2.75) is 25.5 Å². The van der Waals surface area contributed by atoms with Gasteiger partial charge in [-0.25, -0.2) is 0 Å². The Morgan fingerprint density at radius 1 is 1.33 bits per heavy atom. The molecule has 82 valence electrons. The van der Waals surface area contributed by atoms with Crippen LogP contribution >= 0.6 is 15.9 Å². The minimum atomic E-state index is -0.0414. The van der Waals surface area contributed by atoms with E-state index in [2.05, 4.69) is 39.4 Å². The van der Waals surface area contributed by atoms with E-state index in [1.165, 1.54) is 5.56 Å². The van der Waals surface area contributed by atoms with Crippen LogP contribution in [-0.2, 0) is 6.54 Å². The van der Waals surface area contributed by atoms with E-state index < -0.39 is 0 Å². The van der Waals surface area contributed by atoms with Crippen LogP contribution in [0.2, 0.25) is 0 Å². The average molecular weight is 270 g/mol. The van der Waals surface area contributed by atoms with Crippen molar-refractivity contribution in [1.82, 2.24) is 5.32 Å². The maximum absolute atomic E-state index is 9.14. The molecule has 0 saturated heterocycles. The number of rotatable bonds is 4. The van der Waals surface area contributed by atoms with Crippen molar-refractivity contribution in [2.75, 3.05) is 6.54 Å². The van der Waals surface area contributed by atoms with Gasteiger partial charge in [-0.1, -0.05) is 34.1 Å². The second-order valence-corrected chi connectivity index (χ2v) is 5.07. The Hall–Kier alpha value is -0.380. The molecule has 0 amide bonds. The molecule has 3 heteroatoms. The molecule has 0 heterocycles. The van der Waals surface area contributed by atoms with Gasteiger partial charge in [-0.05, 0) is 36.9 Å². The van der Waals surface area contributed by atoms with Crippen molar-refractivity contribution in [3.8, 4) is 0 Å². The Bertz CT molecular complexity index is 323. The van der Waals surface area contributed by atoms with Crippen LogP contribution in [0.3, 0.4) is 0 Å². The summed E-state index contributed by atoms with van der Waals surface area (Å²) in [6.07, 6.45) is 1.88. The highest BCUT2D eigenvalue weighted by atomic mass is 79.9. The Balaban J connectivity index is 1.72. The molecule has 0 aromatic heterocycles. The quantitative estimate of drug-likeness (QED) is 0.880. The first-order valence-corrected chi connectivity index (χ1v) is 6.17. The monoisotopic (exact) mass is 269 g/mol. The first kappa shape index (κ1) is 11.1. The van der Waals surface area contributed by atoms with Gasteiger partial charge in [0.25, 0.3) is 0 Å². The van der Waals surface area contributed by atoms with Gasteiger partial charge >= 0.3 is 0 Å². The van der Waals surface area contributed by atoms with Crippen molar-refractivity contribution in [1.29, 1.82) is 0 Å². The lowest BCUT2D eigenvalue weighted by Crippen LogP contribution is -2.35. The van der Waals surface area contributed by atoms with E-state index in [1.54, 1.807) is 0 Å². The third-order valence-corrected chi connectivity index (χ3v) is 3.69. The van der Waals surface area contributed by atoms with E-state index in [0.717, 1.165) is 30.4 Å². The lowest BCUT2D eigenvalue weighted by molar-refractivity contribution is 0.0429. The lowest BCUT2D eigenvalue weighted by atomic mass is 9.82. The Morgan fingerprint density at radius 2 is 2.07 bits per heavy atom. The van der Waals surface area contributed by atoms with E-state index in [1.807, 2.05) is 6.07 Å². The summed E-state index contributed by atoms with van der Waals surface area (Å²) in [5.41, 5.74) is 1.29. The van der Waals surface area contributed by atoms with E-state index in [0.29, 0.717) is 5.92 Å². The zero-order valence-electron chi connectivity index (χ0n) is 8.62. The summed E-state index contributed by atoms with van der Waals surface area (Å²) < 4.78 is 1.16. The van der Waals surface area contributed by atoms with Gasteiger partial charge < -0.3 is 10.4 Å². The van der Waals surface area contributed by atoms with Gasteiger partial charge in [0, 0.05) is 11.0 Å². The number of benzene rings is 1. The molecule has 1 aliphatic carbocycles. The van der Waals surface area contributed by atoms with Gasteiger partial charge in [-0.15, -0.1) is 0 Å². The molecule has 2 N–H and O–H groups in total. The first-order chi connectivity index (χ1) is 7.25. The summed E-state index contributed by atoms with van der Waals surface area (Å²) in [6, 6.07) is 8.25. The predicted molar refractivity (Wildman–Crippen MR) is 64.6 cm³/mol. The second-order valence-electron chi connectivity index (χ2n) is 4.21. The van der Waals surface area contributed by atoms with Crippen LogP contribution in [-0.4, -0.2) is 17.8 Å². The van der Waals surface area contributed by atoms with Crippen molar-refractivity contribution < 1.29 is 5.11 Å². The molecule has 1 saturated carbocycles. The van der Waals surface area contributed by atoms with Crippen LogP contribution in [0.5, 0.6) is 0 Å². The topological polar surface area (TPSA) is 32.3 Å². The van der Waals surface area contributed by atoms with E-state index in [-0.39, 0.29) is 6.10 Å². The third kappa shape index (κ3) is 3.03. The number of hydrogen-bond acceptors (Lipinski definition) is 2. The molecule has 0 radical (unpaired) electrons. The summed E-state index contributed by atoms with van der Waals surface area (Å²) in [5.74, 6) is 0.669. The van der Waals surface area contributed by atoms with Crippen molar-refractivity contribution in [3.05, 3.63) is 34.3 Å². The van der Waals surface area contributed by atoms with Gasteiger partial charge in [0.15, 0.2) is 0 Å². The molecule has 0 bridgehead atoms. The van der Waals surface area contributed by atoms with Gasteiger partial charge in [0.05, 0.1) is 6.10 Å². The summed E-state index contributed by atoms with van der Waals surface area (Å²) in [5, 5.41) is 12.6. The zero-order valence-corrected chi connectivity index (χ0v) is 10.2. The normalized spacial score (nSPS) is 24.9. The molecule has 1 aromatic carbocycles. The molecule has 1 fully saturated rings. The SMILES string of the molecule is OC1CC(CNCc2ccccc2Br)C1. The molecule has 2 nitrogen and oxygen atoms in total. The molecule has 1 aliphatic rings. The first-order valence-electron chi connectivity index (χ1n) is 5.38. The highest BCUT2D eigenvalue weighted by molar-refractivity contribution is 9.10. The molecular weight excluding hydrogens is 254 g/mol. The maximum Gasteiger partial charge on any atom is 0.0546 e. The van der Waals surface area contributed by atoms with Crippen LogP contribution in [0.1, 0.15) is 18.4 Å². The van der Waals surface area contributed by atoms with Crippen LogP contribution in [0.15, 0.2) is 28.7 Å².